The molecule has 1 aromatic rings. The first-order chi connectivity index (χ1) is 13.2. The van der Waals surface area contributed by atoms with E-state index < -0.39 is 24.0 Å². The smallest absolute Gasteiger partial charge is 0.328 e. The van der Waals surface area contributed by atoms with Gasteiger partial charge in [-0.3, -0.25) is 14.5 Å². The highest BCUT2D eigenvalue weighted by atomic mass is 16.4. The number of rotatable bonds is 10. The first-order valence-corrected chi connectivity index (χ1v) is 9.48. The Labute approximate surface area is 164 Å². The molecule has 1 saturated carbocycles. The predicted molar refractivity (Wildman–Crippen MR) is 105 cm³/mol. The molecule has 1 aliphatic carbocycles. The maximum Gasteiger partial charge on any atom is 0.328 e. The number of benzene rings is 1. The molecule has 1 aromatic carbocycles. The number of amides is 2. The van der Waals surface area contributed by atoms with E-state index in [0.29, 0.717) is 6.54 Å². The summed E-state index contributed by atoms with van der Waals surface area (Å²) >= 11 is 0. The van der Waals surface area contributed by atoms with Crippen LogP contribution < -0.4 is 10.6 Å². The van der Waals surface area contributed by atoms with Gasteiger partial charge in [0.15, 0.2) is 6.04 Å². The molecule has 8 heteroatoms. The first kappa shape index (κ1) is 21.8. The standard InChI is InChI=1S/C20H29N3O5/c1-12-4-5-13(2)16(10-12)21-18(26)11-23(15-6-7-15)9-8-17(25)22-19(14(3)24)20(27)28/h4-5,10,14-15,19,24H,6-9,11H2,1-3H3,(H,21,26)(H,22,25)(H,27,28). The highest BCUT2D eigenvalue weighted by Gasteiger charge is 2.31. The molecule has 1 aliphatic rings. The second kappa shape index (κ2) is 9.66. The molecule has 2 unspecified atom stereocenters. The molecule has 0 aliphatic heterocycles. The van der Waals surface area contributed by atoms with Crippen molar-refractivity contribution in [2.75, 3.05) is 18.4 Å². The predicted octanol–water partition coefficient (Wildman–Crippen LogP) is 1.05. The van der Waals surface area contributed by atoms with Crippen molar-refractivity contribution in [2.45, 2.75) is 58.2 Å². The Bertz CT molecular complexity index is 731. The van der Waals surface area contributed by atoms with E-state index in [-0.39, 0.29) is 24.9 Å². The van der Waals surface area contributed by atoms with Crippen molar-refractivity contribution in [1.82, 2.24) is 10.2 Å². The van der Waals surface area contributed by atoms with E-state index in [1.165, 1.54) is 6.92 Å². The molecular formula is C20H29N3O5. The number of nitrogens with zero attached hydrogens (tertiary/aromatic N) is 1. The maximum atomic E-state index is 12.5. The molecular weight excluding hydrogens is 362 g/mol. The zero-order valence-electron chi connectivity index (χ0n) is 16.6. The van der Waals surface area contributed by atoms with Crippen molar-refractivity contribution in [2.24, 2.45) is 0 Å². The number of carboxylic acids is 1. The summed E-state index contributed by atoms with van der Waals surface area (Å²) in [4.78, 5) is 37.5. The largest absolute Gasteiger partial charge is 0.480 e. The molecule has 0 heterocycles. The molecule has 2 amide bonds. The SMILES string of the molecule is Cc1ccc(C)c(NC(=O)CN(CCC(=O)NC(C(=O)O)C(C)O)C2CC2)c1. The number of hydrogen-bond acceptors (Lipinski definition) is 5. The second-order valence-corrected chi connectivity index (χ2v) is 7.44. The molecule has 2 atom stereocenters. The van der Waals surface area contributed by atoms with Crippen LogP contribution in [-0.4, -0.2) is 64.2 Å². The van der Waals surface area contributed by atoms with Gasteiger partial charge in [0.1, 0.15) is 0 Å². The lowest BCUT2D eigenvalue weighted by Gasteiger charge is -2.22. The molecule has 0 radical (unpaired) electrons. The van der Waals surface area contributed by atoms with Gasteiger partial charge in [0.2, 0.25) is 11.8 Å². The van der Waals surface area contributed by atoms with Crippen molar-refractivity contribution in [1.29, 1.82) is 0 Å². The van der Waals surface area contributed by atoms with Crippen LogP contribution in [0.1, 0.15) is 37.3 Å². The van der Waals surface area contributed by atoms with Crippen LogP contribution in [0.25, 0.3) is 0 Å². The minimum Gasteiger partial charge on any atom is -0.480 e. The lowest BCUT2D eigenvalue weighted by molar-refractivity contribution is -0.144. The lowest BCUT2D eigenvalue weighted by Crippen LogP contribution is -2.48. The Kier molecular flexibility index (Phi) is 7.53. The summed E-state index contributed by atoms with van der Waals surface area (Å²) < 4.78 is 0. The molecule has 28 heavy (non-hydrogen) atoms. The van der Waals surface area contributed by atoms with Crippen LogP contribution in [0, 0.1) is 13.8 Å². The summed E-state index contributed by atoms with van der Waals surface area (Å²) in [6.07, 6.45) is 0.821. The van der Waals surface area contributed by atoms with E-state index in [2.05, 4.69) is 10.6 Å². The summed E-state index contributed by atoms with van der Waals surface area (Å²) in [6.45, 7) is 5.72. The van der Waals surface area contributed by atoms with Crippen molar-refractivity contribution in [3.8, 4) is 0 Å². The maximum absolute atomic E-state index is 12.5. The molecule has 154 valence electrons. The van der Waals surface area contributed by atoms with Crippen molar-refractivity contribution in [3.05, 3.63) is 29.3 Å². The second-order valence-electron chi connectivity index (χ2n) is 7.44. The van der Waals surface area contributed by atoms with E-state index in [4.69, 9.17) is 5.11 Å². The van der Waals surface area contributed by atoms with Crippen LogP contribution in [0.3, 0.4) is 0 Å². The van der Waals surface area contributed by atoms with Gasteiger partial charge in [0, 0.05) is 24.7 Å². The number of carboxylic acid groups (broad SMARTS) is 1. The zero-order chi connectivity index (χ0) is 20.8. The van der Waals surface area contributed by atoms with Crippen LogP contribution in [0.15, 0.2) is 18.2 Å². The Hall–Kier alpha value is -2.45. The third-order valence-electron chi connectivity index (χ3n) is 4.77. The molecule has 0 saturated heterocycles. The fraction of sp³-hybridized carbons (Fsp3) is 0.550. The lowest BCUT2D eigenvalue weighted by atomic mass is 10.1. The number of aliphatic hydroxyl groups is 1. The van der Waals surface area contributed by atoms with Gasteiger partial charge in [0.25, 0.3) is 0 Å². The molecule has 1 fully saturated rings. The van der Waals surface area contributed by atoms with Gasteiger partial charge in [-0.25, -0.2) is 4.79 Å². The number of aliphatic carboxylic acids is 1. The van der Waals surface area contributed by atoms with Crippen molar-refractivity contribution < 1.29 is 24.6 Å². The number of carbonyl (C=O) groups excluding carboxylic acids is 2. The van der Waals surface area contributed by atoms with E-state index in [0.717, 1.165) is 29.7 Å². The zero-order valence-corrected chi connectivity index (χ0v) is 16.6. The van der Waals surface area contributed by atoms with Gasteiger partial charge in [-0.2, -0.15) is 0 Å². The monoisotopic (exact) mass is 391 g/mol. The average molecular weight is 391 g/mol. The molecule has 2 rings (SSSR count). The van der Waals surface area contributed by atoms with Crippen molar-refractivity contribution >= 4 is 23.5 Å². The van der Waals surface area contributed by atoms with Crippen LogP contribution in [0.2, 0.25) is 0 Å². The summed E-state index contributed by atoms with van der Waals surface area (Å²) in [5, 5.41) is 23.7. The number of carbonyl (C=O) groups is 3. The van der Waals surface area contributed by atoms with Crippen molar-refractivity contribution in [3.63, 3.8) is 0 Å². The molecule has 0 bridgehead atoms. The van der Waals surface area contributed by atoms with Crippen LogP contribution in [0.4, 0.5) is 5.69 Å². The highest BCUT2D eigenvalue weighted by Crippen LogP contribution is 2.27. The number of aryl methyl sites for hydroxylation is 2. The van der Waals surface area contributed by atoms with E-state index in [1.54, 1.807) is 0 Å². The fourth-order valence-electron chi connectivity index (χ4n) is 2.95. The third-order valence-corrected chi connectivity index (χ3v) is 4.77. The summed E-state index contributed by atoms with van der Waals surface area (Å²) in [6, 6.07) is 4.79. The van der Waals surface area contributed by atoms with E-state index >= 15 is 0 Å². The van der Waals surface area contributed by atoms with Gasteiger partial charge in [0.05, 0.1) is 12.6 Å². The van der Waals surface area contributed by atoms with Crippen LogP contribution in [0.5, 0.6) is 0 Å². The normalized spacial score (nSPS) is 15.8. The highest BCUT2D eigenvalue weighted by molar-refractivity contribution is 5.93. The van der Waals surface area contributed by atoms with Gasteiger partial charge in [-0.05, 0) is 50.8 Å². The van der Waals surface area contributed by atoms with E-state index in [1.807, 2.05) is 36.9 Å². The summed E-state index contributed by atoms with van der Waals surface area (Å²) in [5.41, 5.74) is 2.82. The van der Waals surface area contributed by atoms with Gasteiger partial charge in [-0.15, -0.1) is 0 Å². The summed E-state index contributed by atoms with van der Waals surface area (Å²) in [7, 11) is 0. The van der Waals surface area contributed by atoms with E-state index in [9.17, 15) is 19.5 Å². The first-order valence-electron chi connectivity index (χ1n) is 9.48. The van der Waals surface area contributed by atoms with Gasteiger partial charge in [-0.1, -0.05) is 12.1 Å². The Morgan fingerprint density at radius 3 is 2.46 bits per heavy atom. The summed E-state index contributed by atoms with van der Waals surface area (Å²) in [5.74, 6) is -1.89. The fourth-order valence-corrected chi connectivity index (χ4v) is 2.95. The third kappa shape index (κ3) is 6.61. The van der Waals surface area contributed by atoms with Gasteiger partial charge < -0.3 is 20.8 Å². The minimum atomic E-state index is -1.34. The average Bonchev–Trinajstić information content (AvgIpc) is 3.44. The molecule has 0 spiro atoms. The molecule has 0 aromatic heterocycles. The Morgan fingerprint density at radius 1 is 1.21 bits per heavy atom. The number of hydrogen-bond donors (Lipinski definition) is 4. The number of nitrogens with one attached hydrogen (secondary N) is 2. The van der Waals surface area contributed by atoms with Gasteiger partial charge >= 0.3 is 5.97 Å². The quantitative estimate of drug-likeness (QED) is 0.473. The number of anilines is 1. The van der Waals surface area contributed by atoms with Crippen LogP contribution >= 0.6 is 0 Å². The minimum absolute atomic E-state index is 0.0593. The molecule has 8 nitrogen and oxygen atoms in total. The Morgan fingerprint density at radius 2 is 1.89 bits per heavy atom. The molecule has 4 N–H and O–H groups in total. The topological polar surface area (TPSA) is 119 Å². The Balaban J connectivity index is 1.88. The number of aliphatic hydroxyl groups excluding tert-OH is 1. The van der Waals surface area contributed by atoms with Crippen LogP contribution in [-0.2, 0) is 14.4 Å².